The topological polar surface area (TPSA) is 64.8 Å². The zero-order chi connectivity index (χ0) is 15.3. The van der Waals surface area contributed by atoms with Crippen LogP contribution in [-0.4, -0.2) is 49.8 Å². The monoisotopic (exact) mass is 292 g/mol. The number of carbonyl (C=O) groups is 1. The Bertz CT molecular complexity index is 484. The van der Waals surface area contributed by atoms with E-state index in [2.05, 4.69) is 0 Å². The van der Waals surface area contributed by atoms with Crippen molar-refractivity contribution in [3.05, 3.63) is 29.8 Å². The third-order valence-electron chi connectivity index (χ3n) is 3.84. The number of nitrogens with zero attached hydrogens (tertiary/aromatic N) is 1. The lowest BCUT2D eigenvalue weighted by molar-refractivity contribution is -0.139. The minimum absolute atomic E-state index is 0.0290. The summed E-state index contributed by atoms with van der Waals surface area (Å²) in [5, 5.41) is 0. The zero-order valence-electron chi connectivity index (χ0n) is 12.8. The molecule has 2 N–H and O–H groups in total. The number of likely N-dealkylation sites (N-methyl/N-ethyl adjacent to an activating group) is 1. The molecule has 0 atom stereocenters. The lowest BCUT2D eigenvalue weighted by atomic mass is 9.90. The normalized spacial score (nSPS) is 17.3. The van der Waals surface area contributed by atoms with Crippen LogP contribution >= 0.6 is 0 Å². The van der Waals surface area contributed by atoms with Crippen LogP contribution < -0.4 is 10.5 Å². The molecule has 0 spiro atoms. The van der Waals surface area contributed by atoms with Gasteiger partial charge in [0.2, 0.25) is 5.91 Å². The van der Waals surface area contributed by atoms with Crippen molar-refractivity contribution in [3.8, 4) is 5.75 Å². The molecule has 1 amide bonds. The van der Waals surface area contributed by atoms with Crippen molar-refractivity contribution in [1.82, 2.24) is 4.90 Å². The Morgan fingerprint density at radius 1 is 1.43 bits per heavy atom. The molecule has 1 aromatic rings. The predicted octanol–water partition coefficient (Wildman–Crippen LogP) is 1.34. The fraction of sp³-hybridized carbons (Fsp3) is 0.562. The SMILES string of the molecule is Cc1cccc(OCCN(C)C(=O)C2(N)CCOCC2)c1. The minimum atomic E-state index is -0.781. The number of carbonyl (C=O) groups excluding carboxylic acids is 1. The lowest BCUT2D eigenvalue weighted by Gasteiger charge is -2.35. The van der Waals surface area contributed by atoms with Gasteiger partial charge in [0.1, 0.15) is 12.4 Å². The first-order chi connectivity index (χ1) is 10.0. The van der Waals surface area contributed by atoms with Crippen LogP contribution in [0.2, 0.25) is 0 Å². The summed E-state index contributed by atoms with van der Waals surface area (Å²) in [7, 11) is 1.77. The highest BCUT2D eigenvalue weighted by atomic mass is 16.5. The predicted molar refractivity (Wildman–Crippen MR) is 81.3 cm³/mol. The van der Waals surface area contributed by atoms with E-state index in [0.717, 1.165) is 11.3 Å². The van der Waals surface area contributed by atoms with Gasteiger partial charge in [0, 0.05) is 20.3 Å². The van der Waals surface area contributed by atoms with Gasteiger partial charge in [-0.15, -0.1) is 0 Å². The maximum absolute atomic E-state index is 12.4. The van der Waals surface area contributed by atoms with Crippen LogP contribution in [0.15, 0.2) is 24.3 Å². The fourth-order valence-corrected chi connectivity index (χ4v) is 2.44. The van der Waals surface area contributed by atoms with E-state index in [-0.39, 0.29) is 5.91 Å². The average molecular weight is 292 g/mol. The number of hydrogen-bond donors (Lipinski definition) is 1. The Balaban J connectivity index is 1.81. The summed E-state index contributed by atoms with van der Waals surface area (Å²) < 4.78 is 10.9. The molecule has 1 aliphatic heterocycles. The molecule has 0 aliphatic carbocycles. The zero-order valence-corrected chi connectivity index (χ0v) is 12.8. The van der Waals surface area contributed by atoms with Gasteiger partial charge in [0.15, 0.2) is 0 Å². The number of nitrogens with two attached hydrogens (primary N) is 1. The molecule has 0 saturated carbocycles. The van der Waals surface area contributed by atoms with E-state index in [4.69, 9.17) is 15.2 Å². The molecule has 0 unspecified atom stereocenters. The molecule has 0 aromatic heterocycles. The van der Waals surface area contributed by atoms with Crippen LogP contribution in [0.1, 0.15) is 18.4 Å². The number of rotatable bonds is 5. The summed E-state index contributed by atoms with van der Waals surface area (Å²) in [4.78, 5) is 14.1. The Labute approximate surface area is 126 Å². The molecule has 1 saturated heterocycles. The molecule has 1 aliphatic rings. The fourth-order valence-electron chi connectivity index (χ4n) is 2.44. The van der Waals surface area contributed by atoms with Crippen LogP contribution in [0.25, 0.3) is 0 Å². The van der Waals surface area contributed by atoms with E-state index in [1.807, 2.05) is 31.2 Å². The van der Waals surface area contributed by atoms with Crippen molar-refractivity contribution >= 4 is 5.91 Å². The van der Waals surface area contributed by atoms with Gasteiger partial charge in [0.05, 0.1) is 12.1 Å². The molecule has 1 heterocycles. The van der Waals surface area contributed by atoms with Gasteiger partial charge in [-0.05, 0) is 37.5 Å². The van der Waals surface area contributed by atoms with Crippen LogP contribution in [-0.2, 0) is 9.53 Å². The highest BCUT2D eigenvalue weighted by molar-refractivity contribution is 5.86. The first-order valence-corrected chi connectivity index (χ1v) is 7.33. The number of hydrogen-bond acceptors (Lipinski definition) is 4. The van der Waals surface area contributed by atoms with Crippen LogP contribution in [0.4, 0.5) is 0 Å². The van der Waals surface area contributed by atoms with Crippen molar-refractivity contribution < 1.29 is 14.3 Å². The highest BCUT2D eigenvalue weighted by Gasteiger charge is 2.37. The lowest BCUT2D eigenvalue weighted by Crippen LogP contribution is -2.57. The van der Waals surface area contributed by atoms with E-state index >= 15 is 0 Å². The molecule has 21 heavy (non-hydrogen) atoms. The average Bonchev–Trinajstić information content (AvgIpc) is 2.47. The maximum Gasteiger partial charge on any atom is 0.242 e. The van der Waals surface area contributed by atoms with Crippen molar-refractivity contribution in [2.45, 2.75) is 25.3 Å². The molecule has 1 aromatic carbocycles. The number of ether oxygens (including phenoxy) is 2. The molecule has 0 radical (unpaired) electrons. The van der Waals surface area contributed by atoms with Gasteiger partial charge in [-0.3, -0.25) is 4.79 Å². The number of amides is 1. The number of aryl methyl sites for hydroxylation is 1. The summed E-state index contributed by atoms with van der Waals surface area (Å²) >= 11 is 0. The summed E-state index contributed by atoms with van der Waals surface area (Å²) in [5.41, 5.74) is 6.57. The summed E-state index contributed by atoms with van der Waals surface area (Å²) in [6.45, 7) is 4.10. The van der Waals surface area contributed by atoms with Gasteiger partial charge in [-0.25, -0.2) is 0 Å². The van der Waals surface area contributed by atoms with Gasteiger partial charge in [-0.2, -0.15) is 0 Å². The Morgan fingerprint density at radius 3 is 2.81 bits per heavy atom. The van der Waals surface area contributed by atoms with Crippen molar-refractivity contribution in [2.75, 3.05) is 33.4 Å². The van der Waals surface area contributed by atoms with Gasteiger partial charge < -0.3 is 20.1 Å². The molecule has 2 rings (SSSR count). The second-order valence-electron chi connectivity index (χ2n) is 5.66. The second kappa shape index (κ2) is 6.91. The minimum Gasteiger partial charge on any atom is -0.492 e. The van der Waals surface area contributed by atoms with Crippen molar-refractivity contribution in [2.24, 2.45) is 5.73 Å². The molecular weight excluding hydrogens is 268 g/mol. The van der Waals surface area contributed by atoms with E-state index in [0.29, 0.717) is 39.2 Å². The van der Waals surface area contributed by atoms with Crippen molar-refractivity contribution in [1.29, 1.82) is 0 Å². The van der Waals surface area contributed by atoms with Crippen LogP contribution in [0.3, 0.4) is 0 Å². The summed E-state index contributed by atoms with van der Waals surface area (Å²) in [5.74, 6) is 0.794. The van der Waals surface area contributed by atoms with Crippen LogP contribution in [0.5, 0.6) is 5.75 Å². The standard InChI is InChI=1S/C16H24N2O3/c1-13-4-3-5-14(12-13)21-11-8-18(2)15(19)16(17)6-9-20-10-7-16/h3-5,12H,6-11,17H2,1-2H3. The van der Waals surface area contributed by atoms with E-state index < -0.39 is 5.54 Å². The Kier molecular flexibility index (Phi) is 5.20. The van der Waals surface area contributed by atoms with E-state index in [9.17, 15) is 4.79 Å². The third-order valence-corrected chi connectivity index (χ3v) is 3.84. The highest BCUT2D eigenvalue weighted by Crippen LogP contribution is 2.20. The quantitative estimate of drug-likeness (QED) is 0.889. The molecule has 5 heteroatoms. The van der Waals surface area contributed by atoms with E-state index in [1.165, 1.54) is 0 Å². The van der Waals surface area contributed by atoms with Crippen LogP contribution in [0, 0.1) is 6.92 Å². The smallest absolute Gasteiger partial charge is 0.242 e. The van der Waals surface area contributed by atoms with Gasteiger partial charge >= 0.3 is 0 Å². The summed E-state index contributed by atoms with van der Waals surface area (Å²) in [6.07, 6.45) is 1.16. The number of benzene rings is 1. The summed E-state index contributed by atoms with van der Waals surface area (Å²) in [6, 6.07) is 7.87. The Hall–Kier alpha value is -1.59. The first kappa shape index (κ1) is 15.8. The largest absolute Gasteiger partial charge is 0.492 e. The second-order valence-corrected chi connectivity index (χ2v) is 5.66. The first-order valence-electron chi connectivity index (χ1n) is 7.33. The molecule has 1 fully saturated rings. The van der Waals surface area contributed by atoms with Gasteiger partial charge in [0.25, 0.3) is 0 Å². The third kappa shape index (κ3) is 4.19. The molecule has 0 bridgehead atoms. The molecular formula is C16H24N2O3. The molecule has 116 valence electrons. The van der Waals surface area contributed by atoms with Crippen molar-refractivity contribution in [3.63, 3.8) is 0 Å². The van der Waals surface area contributed by atoms with E-state index in [1.54, 1.807) is 11.9 Å². The Morgan fingerprint density at radius 2 is 2.14 bits per heavy atom. The van der Waals surface area contributed by atoms with Gasteiger partial charge in [-0.1, -0.05) is 12.1 Å². The molecule has 5 nitrogen and oxygen atoms in total. The maximum atomic E-state index is 12.4.